The molecule has 1 saturated carbocycles. The van der Waals surface area contributed by atoms with Gasteiger partial charge in [-0.05, 0) is 55.5 Å². The van der Waals surface area contributed by atoms with Gasteiger partial charge in [0.05, 0.1) is 25.6 Å². The topological polar surface area (TPSA) is 59.1 Å². The summed E-state index contributed by atoms with van der Waals surface area (Å²) in [4.78, 5) is 2.24. The van der Waals surface area contributed by atoms with E-state index in [1.165, 1.54) is 25.5 Å². The quantitative estimate of drug-likeness (QED) is 0.708. The van der Waals surface area contributed by atoms with Crippen LogP contribution in [0.4, 0.5) is 5.69 Å². The third-order valence-corrected chi connectivity index (χ3v) is 7.66. The number of methoxy groups -OCH3 is 1. The Morgan fingerprint density at radius 1 is 1.00 bits per heavy atom. The van der Waals surface area contributed by atoms with Crippen molar-refractivity contribution in [2.75, 3.05) is 37.9 Å². The van der Waals surface area contributed by atoms with Gasteiger partial charge in [-0.2, -0.15) is 4.31 Å². The van der Waals surface area contributed by atoms with Gasteiger partial charge in [-0.1, -0.05) is 30.3 Å². The molecule has 0 spiro atoms. The number of nitrogens with zero attached hydrogens (tertiary/aromatic N) is 2. The van der Waals surface area contributed by atoms with Crippen LogP contribution in [0.3, 0.4) is 0 Å². The van der Waals surface area contributed by atoms with E-state index in [2.05, 4.69) is 4.90 Å². The second-order valence-corrected chi connectivity index (χ2v) is 10.5. The van der Waals surface area contributed by atoms with Crippen LogP contribution in [0.1, 0.15) is 24.8 Å². The van der Waals surface area contributed by atoms with Crippen LogP contribution in [0.15, 0.2) is 54.6 Å². The highest BCUT2D eigenvalue weighted by Crippen LogP contribution is 2.36. The predicted octanol–water partition coefficient (Wildman–Crippen LogP) is 3.33. The summed E-state index contributed by atoms with van der Waals surface area (Å²) in [6.07, 6.45) is 7.43. The van der Waals surface area contributed by atoms with Gasteiger partial charge in [-0.3, -0.25) is 0 Å². The Bertz CT molecular complexity index is 930. The second-order valence-electron chi connectivity index (χ2n) is 8.55. The SMILES string of the molecule is C1CC2CC1O2.COc1ccc(N2CCN(S(C)(=O)=O)C(Cc3ccccc3)C2)cc1. The Labute approximate surface area is 185 Å². The van der Waals surface area contributed by atoms with Crippen molar-refractivity contribution in [1.29, 1.82) is 0 Å². The Morgan fingerprint density at radius 2 is 1.65 bits per heavy atom. The van der Waals surface area contributed by atoms with Crippen molar-refractivity contribution >= 4 is 15.7 Å². The lowest BCUT2D eigenvalue weighted by molar-refractivity contribution is -0.0647. The van der Waals surface area contributed by atoms with Crippen molar-refractivity contribution < 1.29 is 17.9 Å². The van der Waals surface area contributed by atoms with Crippen LogP contribution < -0.4 is 9.64 Å². The standard InChI is InChI=1S/C19H24N2O3S.C5H8O/c1-24-19-10-8-17(9-11-19)20-12-13-21(25(2,22)23)18(15-20)14-16-6-4-3-5-7-16;1-2-5-3-4(1)6-5/h3-11,18H,12-15H2,1-2H3;4-5H,1-3H2. The van der Waals surface area contributed by atoms with E-state index in [0.29, 0.717) is 38.3 Å². The van der Waals surface area contributed by atoms with Crippen molar-refractivity contribution in [3.8, 4) is 5.75 Å². The summed E-state index contributed by atoms with van der Waals surface area (Å²) < 4.78 is 36.5. The third-order valence-electron chi connectivity index (χ3n) is 6.33. The minimum absolute atomic E-state index is 0.0757. The first-order chi connectivity index (χ1) is 14.9. The molecule has 3 saturated heterocycles. The molecule has 31 heavy (non-hydrogen) atoms. The summed E-state index contributed by atoms with van der Waals surface area (Å²) in [6, 6.07) is 17.9. The van der Waals surface area contributed by atoms with E-state index in [4.69, 9.17) is 9.47 Å². The zero-order valence-electron chi connectivity index (χ0n) is 18.3. The molecule has 0 aromatic heterocycles. The van der Waals surface area contributed by atoms with Crippen molar-refractivity contribution in [3.63, 3.8) is 0 Å². The molecule has 3 atom stereocenters. The Balaban J connectivity index is 0.000000325. The van der Waals surface area contributed by atoms with Crippen LogP contribution in [-0.2, 0) is 21.2 Å². The summed E-state index contributed by atoms with van der Waals surface area (Å²) in [7, 11) is -1.58. The van der Waals surface area contributed by atoms with E-state index in [1.807, 2.05) is 54.6 Å². The third kappa shape index (κ3) is 5.59. The molecule has 0 amide bonds. The van der Waals surface area contributed by atoms with Crippen LogP contribution in [0.25, 0.3) is 0 Å². The number of ether oxygens (including phenoxy) is 2. The fourth-order valence-corrected chi connectivity index (χ4v) is 5.75. The number of anilines is 1. The highest BCUT2D eigenvalue weighted by Gasteiger charge is 2.37. The van der Waals surface area contributed by atoms with E-state index < -0.39 is 10.0 Å². The van der Waals surface area contributed by atoms with Crippen molar-refractivity contribution in [2.45, 2.75) is 43.9 Å². The fourth-order valence-electron chi connectivity index (χ4n) is 4.65. The van der Waals surface area contributed by atoms with Crippen molar-refractivity contribution in [3.05, 3.63) is 60.2 Å². The van der Waals surface area contributed by atoms with Gasteiger partial charge >= 0.3 is 0 Å². The molecule has 0 radical (unpaired) electrons. The number of piperazine rings is 1. The molecule has 1 aliphatic carbocycles. The smallest absolute Gasteiger partial charge is 0.211 e. The highest BCUT2D eigenvalue weighted by atomic mass is 32.2. The van der Waals surface area contributed by atoms with Gasteiger partial charge in [0.15, 0.2) is 0 Å². The minimum Gasteiger partial charge on any atom is -0.497 e. The molecule has 0 N–H and O–H groups in total. The van der Waals surface area contributed by atoms with Gasteiger partial charge in [-0.25, -0.2) is 8.42 Å². The molecule has 2 aromatic carbocycles. The zero-order chi connectivity index (χ0) is 21.8. The van der Waals surface area contributed by atoms with E-state index in [-0.39, 0.29) is 6.04 Å². The average Bonchev–Trinajstić information content (AvgIpc) is 3.41. The maximum absolute atomic E-state index is 12.2. The fraction of sp³-hybridized carbons (Fsp3) is 0.500. The Hall–Kier alpha value is -2.09. The van der Waals surface area contributed by atoms with Gasteiger partial charge in [0.1, 0.15) is 5.75 Å². The van der Waals surface area contributed by atoms with Crippen molar-refractivity contribution in [1.82, 2.24) is 4.31 Å². The number of rotatable bonds is 5. The molecule has 3 aliphatic heterocycles. The monoisotopic (exact) mass is 444 g/mol. The van der Waals surface area contributed by atoms with Crippen LogP contribution in [0, 0.1) is 0 Å². The van der Waals surface area contributed by atoms with E-state index >= 15 is 0 Å². The summed E-state index contributed by atoms with van der Waals surface area (Å²) in [5.74, 6) is 0.819. The maximum atomic E-state index is 12.2. The Kier molecular flexibility index (Phi) is 6.84. The van der Waals surface area contributed by atoms with Crippen LogP contribution in [-0.4, -0.2) is 64.0 Å². The molecule has 2 bridgehead atoms. The average molecular weight is 445 g/mol. The van der Waals surface area contributed by atoms with Gasteiger partial charge in [0, 0.05) is 31.4 Å². The molecule has 3 heterocycles. The number of benzene rings is 2. The van der Waals surface area contributed by atoms with Crippen molar-refractivity contribution in [2.24, 2.45) is 0 Å². The van der Waals surface area contributed by atoms with Gasteiger partial charge < -0.3 is 14.4 Å². The van der Waals surface area contributed by atoms with Crippen LogP contribution >= 0.6 is 0 Å². The maximum Gasteiger partial charge on any atom is 0.211 e. The lowest BCUT2D eigenvalue weighted by Gasteiger charge is -2.41. The number of hydrogen-bond acceptors (Lipinski definition) is 5. The molecule has 6 rings (SSSR count). The molecule has 6 nitrogen and oxygen atoms in total. The zero-order valence-corrected chi connectivity index (χ0v) is 19.1. The van der Waals surface area contributed by atoms with E-state index in [9.17, 15) is 8.42 Å². The molecule has 2 aromatic rings. The molecular formula is C24H32N2O4S. The first-order valence-corrected chi connectivity index (χ1v) is 12.8. The minimum atomic E-state index is -3.22. The summed E-state index contributed by atoms with van der Waals surface area (Å²) in [6.45, 7) is 1.86. The molecule has 7 heteroatoms. The lowest BCUT2D eigenvalue weighted by atomic mass is 10.0. The van der Waals surface area contributed by atoms with E-state index in [0.717, 1.165) is 17.0 Å². The van der Waals surface area contributed by atoms with Gasteiger partial charge in [0.25, 0.3) is 0 Å². The first kappa shape index (κ1) is 22.1. The number of fused-ring (bicyclic) bond motifs is 1. The summed E-state index contributed by atoms with van der Waals surface area (Å²) in [5.41, 5.74) is 2.24. The first-order valence-electron chi connectivity index (χ1n) is 11.0. The number of sulfonamides is 1. The van der Waals surface area contributed by atoms with E-state index in [1.54, 1.807) is 11.4 Å². The molecular weight excluding hydrogens is 412 g/mol. The normalized spacial score (nSPS) is 25.4. The largest absolute Gasteiger partial charge is 0.497 e. The predicted molar refractivity (Wildman–Crippen MR) is 123 cm³/mol. The van der Waals surface area contributed by atoms with Crippen LogP contribution in [0.2, 0.25) is 0 Å². The molecule has 4 fully saturated rings. The highest BCUT2D eigenvalue weighted by molar-refractivity contribution is 7.88. The summed E-state index contributed by atoms with van der Waals surface area (Å²) in [5, 5.41) is 0. The molecule has 4 aliphatic rings. The Morgan fingerprint density at radius 3 is 2.16 bits per heavy atom. The lowest BCUT2D eigenvalue weighted by Crippen LogP contribution is -2.55. The summed E-state index contributed by atoms with van der Waals surface area (Å²) >= 11 is 0. The number of hydrogen-bond donors (Lipinski definition) is 0. The second kappa shape index (κ2) is 9.59. The van der Waals surface area contributed by atoms with Gasteiger partial charge in [-0.15, -0.1) is 0 Å². The van der Waals surface area contributed by atoms with Gasteiger partial charge in [0.2, 0.25) is 10.0 Å². The molecule has 168 valence electrons. The molecule has 3 unspecified atom stereocenters. The van der Waals surface area contributed by atoms with Crippen LogP contribution in [0.5, 0.6) is 5.75 Å².